The van der Waals surface area contributed by atoms with Gasteiger partial charge < -0.3 is 0 Å². The summed E-state index contributed by atoms with van der Waals surface area (Å²) in [6.45, 7) is 0. The Morgan fingerprint density at radius 1 is 1.07 bits per heavy atom. The minimum atomic E-state index is 0.348. The Morgan fingerprint density at radius 2 is 1.93 bits per heavy atom. The van der Waals surface area contributed by atoms with E-state index in [2.05, 4.69) is 47.9 Å². The van der Waals surface area contributed by atoms with Crippen LogP contribution in [0.5, 0.6) is 0 Å². The van der Waals surface area contributed by atoms with Gasteiger partial charge in [-0.05, 0) is 23.1 Å². The van der Waals surface area contributed by atoms with Gasteiger partial charge >= 0.3 is 0 Å². The molecule has 0 bridgehead atoms. The summed E-state index contributed by atoms with van der Waals surface area (Å²) in [6.07, 6.45) is 4.55. The molecule has 3 rings (SSSR count). The van der Waals surface area contributed by atoms with Crippen LogP contribution in [0.15, 0.2) is 47.9 Å². The molecule has 0 radical (unpaired) electrons. The molecule has 0 saturated carbocycles. The van der Waals surface area contributed by atoms with Crippen molar-refractivity contribution in [3.8, 4) is 0 Å². The zero-order valence-electron chi connectivity index (χ0n) is 7.34. The van der Waals surface area contributed by atoms with Crippen molar-refractivity contribution in [1.82, 2.24) is 0 Å². The Hall–Kier alpha value is -0.380. The standard InChI is InChI=1S/C11H8S3/c1-2-4-9(5-3-1)11-8-10-6-7-12-14(10)13-11/h1-8H. The quantitative estimate of drug-likeness (QED) is 0.526. The fourth-order valence-corrected chi connectivity index (χ4v) is 7.24. The lowest BCUT2D eigenvalue weighted by Crippen LogP contribution is -1.79. The molecule has 2 heterocycles. The predicted molar refractivity (Wildman–Crippen MR) is 71.3 cm³/mol. The molecule has 0 aliphatic carbocycles. The fourth-order valence-electron chi connectivity index (χ4n) is 1.39. The zero-order valence-corrected chi connectivity index (χ0v) is 9.79. The van der Waals surface area contributed by atoms with Gasteiger partial charge in [0.15, 0.2) is 0 Å². The first-order valence-electron chi connectivity index (χ1n) is 4.34. The molecule has 0 nitrogen and oxygen atoms in total. The molecule has 3 heteroatoms. The van der Waals surface area contributed by atoms with Gasteiger partial charge in [0.05, 0.1) is 0 Å². The third-order valence-electron chi connectivity index (χ3n) is 2.06. The lowest BCUT2D eigenvalue weighted by molar-refractivity contribution is 1.66. The van der Waals surface area contributed by atoms with Gasteiger partial charge in [-0.2, -0.15) is 0 Å². The molecule has 2 aliphatic heterocycles. The van der Waals surface area contributed by atoms with E-state index >= 15 is 0 Å². The fraction of sp³-hybridized carbons (Fsp3) is 0. The van der Waals surface area contributed by atoms with Crippen molar-refractivity contribution in [2.24, 2.45) is 0 Å². The van der Waals surface area contributed by atoms with Gasteiger partial charge in [0, 0.05) is 9.77 Å². The highest BCUT2D eigenvalue weighted by Crippen LogP contribution is 2.58. The van der Waals surface area contributed by atoms with E-state index in [4.69, 9.17) is 0 Å². The van der Waals surface area contributed by atoms with E-state index in [0.717, 1.165) is 0 Å². The summed E-state index contributed by atoms with van der Waals surface area (Å²) in [7, 11) is 4.27. The molecule has 14 heavy (non-hydrogen) atoms. The molecule has 0 aromatic heterocycles. The predicted octanol–water partition coefficient (Wildman–Crippen LogP) is 4.31. The Kier molecular flexibility index (Phi) is 2.32. The van der Waals surface area contributed by atoms with Crippen molar-refractivity contribution in [1.29, 1.82) is 0 Å². The van der Waals surface area contributed by atoms with E-state index in [1.165, 1.54) is 15.3 Å². The molecule has 0 saturated heterocycles. The van der Waals surface area contributed by atoms with E-state index in [1.807, 2.05) is 21.6 Å². The molecule has 0 spiro atoms. The van der Waals surface area contributed by atoms with Gasteiger partial charge in [0.25, 0.3) is 0 Å². The van der Waals surface area contributed by atoms with Gasteiger partial charge in [-0.25, -0.2) is 0 Å². The molecule has 0 N–H and O–H groups in total. The third kappa shape index (κ3) is 1.49. The van der Waals surface area contributed by atoms with Gasteiger partial charge in [-0.15, -0.1) is 0 Å². The van der Waals surface area contributed by atoms with Crippen molar-refractivity contribution in [3.05, 3.63) is 53.5 Å². The van der Waals surface area contributed by atoms with Crippen LogP contribution in [0.2, 0.25) is 0 Å². The lowest BCUT2D eigenvalue weighted by atomic mass is 10.2. The van der Waals surface area contributed by atoms with E-state index in [9.17, 15) is 0 Å². The Bertz CT molecular complexity index is 455. The Labute approximate surface area is 93.2 Å². The molecule has 1 unspecified atom stereocenters. The van der Waals surface area contributed by atoms with Crippen molar-refractivity contribution < 1.29 is 0 Å². The SMILES string of the molecule is C1=CC2=S(S1)SC(c1ccccc1)=C2. The maximum absolute atomic E-state index is 2.32. The second-order valence-electron chi connectivity index (χ2n) is 2.99. The van der Waals surface area contributed by atoms with Gasteiger partial charge in [0.2, 0.25) is 0 Å². The maximum Gasteiger partial charge on any atom is 0.0270 e. The third-order valence-corrected chi connectivity index (χ3v) is 8.13. The summed E-state index contributed by atoms with van der Waals surface area (Å²) >= 11 is 0. The van der Waals surface area contributed by atoms with Crippen LogP contribution in [0.1, 0.15) is 5.56 Å². The van der Waals surface area contributed by atoms with E-state index in [1.54, 1.807) is 0 Å². The average molecular weight is 236 g/mol. The molecular formula is C11H8S3. The second kappa shape index (κ2) is 3.65. The minimum Gasteiger partial charge on any atom is -0.0622 e. The first-order valence-corrected chi connectivity index (χ1v) is 8.29. The summed E-state index contributed by atoms with van der Waals surface area (Å²) in [4.78, 5) is 2.90. The second-order valence-corrected chi connectivity index (χ2v) is 8.72. The number of hydrogen-bond donors (Lipinski definition) is 0. The van der Waals surface area contributed by atoms with Crippen LogP contribution in [-0.2, 0) is 0 Å². The number of rotatable bonds is 1. The van der Waals surface area contributed by atoms with Crippen molar-refractivity contribution in [2.75, 3.05) is 0 Å². The molecule has 70 valence electrons. The van der Waals surface area contributed by atoms with E-state index in [0.29, 0.717) is 8.55 Å². The van der Waals surface area contributed by atoms with E-state index in [-0.39, 0.29) is 0 Å². The van der Waals surface area contributed by atoms with Gasteiger partial charge in [0.1, 0.15) is 0 Å². The highest BCUT2D eigenvalue weighted by molar-refractivity contribution is 9.18. The summed E-state index contributed by atoms with van der Waals surface area (Å²) in [5, 5.41) is 2.20. The molecule has 1 atom stereocenters. The van der Waals surface area contributed by atoms with Crippen LogP contribution in [0, 0.1) is 0 Å². The first-order chi connectivity index (χ1) is 6.93. The van der Waals surface area contributed by atoms with Crippen molar-refractivity contribution in [2.45, 2.75) is 0 Å². The van der Waals surface area contributed by atoms with Crippen LogP contribution in [0.3, 0.4) is 0 Å². The highest BCUT2D eigenvalue weighted by Gasteiger charge is 2.18. The minimum absolute atomic E-state index is 0.348. The summed E-state index contributed by atoms with van der Waals surface area (Å²) in [5.41, 5.74) is 1.35. The number of allylic oxidation sites excluding steroid dienone is 2. The summed E-state index contributed by atoms with van der Waals surface area (Å²) < 4.78 is 0. The number of hydrogen-bond acceptors (Lipinski definition) is 2. The maximum atomic E-state index is 2.32. The zero-order chi connectivity index (χ0) is 9.38. The molecule has 0 fully saturated rings. The van der Waals surface area contributed by atoms with Gasteiger partial charge in [-0.1, -0.05) is 60.5 Å². The van der Waals surface area contributed by atoms with Crippen molar-refractivity contribution in [3.63, 3.8) is 0 Å². The summed E-state index contributed by atoms with van der Waals surface area (Å²) in [6, 6.07) is 10.6. The molecule has 1 aromatic rings. The van der Waals surface area contributed by atoms with Gasteiger partial charge in [-0.3, -0.25) is 0 Å². The normalized spacial score (nSPS) is 23.9. The largest absolute Gasteiger partial charge is 0.0622 e. The molecule has 1 aromatic carbocycles. The van der Waals surface area contributed by atoms with Crippen LogP contribution < -0.4 is 0 Å². The Morgan fingerprint density at radius 3 is 2.71 bits per heavy atom. The average Bonchev–Trinajstić information content (AvgIpc) is 2.78. The monoisotopic (exact) mass is 236 g/mol. The Balaban J connectivity index is 1.95. The van der Waals surface area contributed by atoms with Crippen LogP contribution in [0.25, 0.3) is 4.91 Å². The molecule has 2 aliphatic rings. The van der Waals surface area contributed by atoms with Crippen LogP contribution in [0.4, 0.5) is 0 Å². The van der Waals surface area contributed by atoms with Crippen molar-refractivity contribution >= 4 is 39.9 Å². The summed E-state index contributed by atoms with van der Waals surface area (Å²) in [5.74, 6) is 0. The number of benzene rings is 1. The molecule has 0 amide bonds. The topological polar surface area (TPSA) is 0 Å². The van der Waals surface area contributed by atoms with Crippen LogP contribution >= 0.6 is 30.1 Å². The lowest BCUT2D eigenvalue weighted by Gasteiger charge is -2.02. The molecular weight excluding hydrogens is 228 g/mol. The van der Waals surface area contributed by atoms with E-state index < -0.39 is 0 Å². The highest BCUT2D eigenvalue weighted by atomic mass is 33.5. The first kappa shape index (κ1) is 8.89. The van der Waals surface area contributed by atoms with Crippen LogP contribution in [-0.4, -0.2) is 4.86 Å². The smallest absolute Gasteiger partial charge is 0.0270 e.